The Morgan fingerprint density at radius 2 is 1.96 bits per heavy atom. The van der Waals surface area contributed by atoms with Gasteiger partial charge in [-0.3, -0.25) is 4.79 Å². The van der Waals surface area contributed by atoms with Crippen LogP contribution in [0.3, 0.4) is 0 Å². The van der Waals surface area contributed by atoms with Gasteiger partial charge in [-0.05, 0) is 25.5 Å². The van der Waals surface area contributed by atoms with E-state index < -0.39 is 5.97 Å². The Bertz CT molecular complexity index is 789. The molecule has 1 heterocycles. The van der Waals surface area contributed by atoms with E-state index in [1.165, 1.54) is 11.8 Å². The maximum atomic E-state index is 12.4. The zero-order chi connectivity index (χ0) is 19.8. The molecular weight excluding hydrogens is 364 g/mol. The maximum absolute atomic E-state index is 12.4. The number of thioether (sulfide) groups is 1. The third-order valence-electron chi connectivity index (χ3n) is 3.74. The van der Waals surface area contributed by atoms with Gasteiger partial charge in [0, 0.05) is 12.5 Å². The fraction of sp³-hybridized carbons (Fsp3) is 0.474. The normalized spacial score (nSPS) is 10.9. The molecule has 2 rings (SSSR count). The van der Waals surface area contributed by atoms with Crippen molar-refractivity contribution in [2.45, 2.75) is 51.7 Å². The number of carbonyl (C=O) groups excluding carboxylic acids is 2. The van der Waals surface area contributed by atoms with E-state index in [9.17, 15) is 9.59 Å². The average molecular weight is 391 g/mol. The van der Waals surface area contributed by atoms with Gasteiger partial charge in [0.2, 0.25) is 5.91 Å². The molecule has 0 spiro atoms. The fourth-order valence-corrected chi connectivity index (χ4v) is 3.33. The average Bonchev–Trinajstić information content (AvgIpc) is 3.04. The second kappa shape index (κ2) is 10.1. The molecule has 0 aliphatic carbocycles. The SMILES string of the molecule is CCCn1c(SCC(=O)Nc2ccccc2C(=O)OCC)nnc1C(C)C. The molecule has 0 saturated carbocycles. The van der Waals surface area contributed by atoms with Crippen LogP contribution in [0.25, 0.3) is 0 Å². The monoisotopic (exact) mass is 390 g/mol. The van der Waals surface area contributed by atoms with Gasteiger partial charge >= 0.3 is 5.97 Å². The molecule has 1 aromatic heterocycles. The van der Waals surface area contributed by atoms with Gasteiger partial charge in [-0.25, -0.2) is 4.79 Å². The van der Waals surface area contributed by atoms with Crippen LogP contribution in [0.4, 0.5) is 5.69 Å². The summed E-state index contributed by atoms with van der Waals surface area (Å²) in [5.74, 6) is 0.701. The van der Waals surface area contributed by atoms with Crippen molar-refractivity contribution < 1.29 is 14.3 Å². The summed E-state index contributed by atoms with van der Waals surface area (Å²) < 4.78 is 7.09. The molecule has 146 valence electrons. The topological polar surface area (TPSA) is 86.1 Å². The predicted octanol–water partition coefficient (Wildman–Crippen LogP) is 3.72. The number of para-hydroxylation sites is 1. The molecule has 0 aliphatic rings. The number of rotatable bonds is 9. The van der Waals surface area contributed by atoms with Crippen LogP contribution in [0, 0.1) is 0 Å². The van der Waals surface area contributed by atoms with Crippen molar-refractivity contribution in [2.75, 3.05) is 17.7 Å². The molecule has 0 bridgehead atoms. The van der Waals surface area contributed by atoms with E-state index in [0.717, 1.165) is 23.9 Å². The minimum atomic E-state index is -0.453. The van der Waals surface area contributed by atoms with Crippen molar-refractivity contribution >= 4 is 29.3 Å². The first-order valence-corrected chi connectivity index (χ1v) is 10.1. The van der Waals surface area contributed by atoms with Gasteiger partial charge in [0.25, 0.3) is 0 Å². The highest BCUT2D eigenvalue weighted by atomic mass is 32.2. The summed E-state index contributed by atoms with van der Waals surface area (Å²) >= 11 is 1.34. The van der Waals surface area contributed by atoms with Crippen molar-refractivity contribution in [3.8, 4) is 0 Å². The summed E-state index contributed by atoms with van der Waals surface area (Å²) in [6, 6.07) is 6.81. The Hall–Kier alpha value is -2.35. The van der Waals surface area contributed by atoms with Crippen LogP contribution in [0.1, 0.15) is 56.2 Å². The summed E-state index contributed by atoms with van der Waals surface area (Å²) in [6.45, 7) is 9.08. The molecule has 1 aromatic carbocycles. The third-order valence-corrected chi connectivity index (χ3v) is 4.70. The third kappa shape index (κ3) is 5.56. The molecule has 1 amide bonds. The largest absolute Gasteiger partial charge is 0.462 e. The minimum Gasteiger partial charge on any atom is -0.462 e. The first-order valence-electron chi connectivity index (χ1n) is 9.09. The van der Waals surface area contributed by atoms with Gasteiger partial charge < -0.3 is 14.6 Å². The lowest BCUT2D eigenvalue weighted by molar-refractivity contribution is -0.113. The molecule has 0 saturated heterocycles. The molecule has 2 aromatic rings. The summed E-state index contributed by atoms with van der Waals surface area (Å²) in [5.41, 5.74) is 0.786. The second-order valence-corrected chi connectivity index (χ2v) is 7.19. The van der Waals surface area contributed by atoms with E-state index in [1.54, 1.807) is 31.2 Å². The van der Waals surface area contributed by atoms with Crippen LogP contribution < -0.4 is 5.32 Å². The number of nitrogens with zero attached hydrogens (tertiary/aromatic N) is 3. The number of esters is 1. The highest BCUT2D eigenvalue weighted by Crippen LogP contribution is 2.22. The zero-order valence-corrected chi connectivity index (χ0v) is 17.0. The zero-order valence-electron chi connectivity index (χ0n) is 16.2. The molecule has 1 N–H and O–H groups in total. The number of hydrogen-bond donors (Lipinski definition) is 1. The van der Waals surface area contributed by atoms with E-state index in [-0.39, 0.29) is 24.2 Å². The molecule has 27 heavy (non-hydrogen) atoms. The lowest BCUT2D eigenvalue weighted by Crippen LogP contribution is -2.18. The number of anilines is 1. The van der Waals surface area contributed by atoms with Crippen LogP contribution in [0.2, 0.25) is 0 Å². The number of benzene rings is 1. The molecule has 0 unspecified atom stereocenters. The molecule has 7 nitrogen and oxygen atoms in total. The van der Waals surface area contributed by atoms with Gasteiger partial charge in [0.1, 0.15) is 5.82 Å². The molecular formula is C19H26N4O3S. The summed E-state index contributed by atoms with van der Waals surface area (Å²) in [7, 11) is 0. The van der Waals surface area contributed by atoms with Crippen LogP contribution in [0.15, 0.2) is 29.4 Å². The number of nitrogens with one attached hydrogen (secondary N) is 1. The Labute approximate surface area is 163 Å². The van der Waals surface area contributed by atoms with Crippen molar-refractivity contribution in [2.24, 2.45) is 0 Å². The summed E-state index contributed by atoms with van der Waals surface area (Å²) in [6.07, 6.45) is 0.963. The van der Waals surface area contributed by atoms with Crippen LogP contribution in [0.5, 0.6) is 0 Å². The highest BCUT2D eigenvalue weighted by molar-refractivity contribution is 7.99. The Morgan fingerprint density at radius 3 is 2.63 bits per heavy atom. The first kappa shape index (κ1) is 21.0. The minimum absolute atomic E-state index is 0.178. The highest BCUT2D eigenvalue weighted by Gasteiger charge is 2.17. The lowest BCUT2D eigenvalue weighted by Gasteiger charge is -2.11. The molecule has 0 fully saturated rings. The lowest BCUT2D eigenvalue weighted by atomic mass is 10.2. The van der Waals surface area contributed by atoms with Gasteiger partial charge in [0.05, 0.1) is 23.6 Å². The van der Waals surface area contributed by atoms with E-state index in [4.69, 9.17) is 4.74 Å². The van der Waals surface area contributed by atoms with E-state index in [0.29, 0.717) is 11.3 Å². The predicted molar refractivity (Wildman–Crippen MR) is 106 cm³/mol. The van der Waals surface area contributed by atoms with Crippen LogP contribution in [-0.2, 0) is 16.1 Å². The Morgan fingerprint density at radius 1 is 1.22 bits per heavy atom. The Balaban J connectivity index is 2.05. The van der Waals surface area contributed by atoms with E-state index in [2.05, 4.69) is 40.9 Å². The molecule has 0 aliphatic heterocycles. The van der Waals surface area contributed by atoms with E-state index >= 15 is 0 Å². The second-order valence-electron chi connectivity index (χ2n) is 6.25. The Kier molecular flexibility index (Phi) is 7.84. The molecule has 0 radical (unpaired) electrons. The molecule has 0 atom stereocenters. The van der Waals surface area contributed by atoms with Crippen LogP contribution >= 0.6 is 11.8 Å². The summed E-state index contributed by atoms with van der Waals surface area (Å²) in [4.78, 5) is 24.4. The van der Waals surface area contributed by atoms with Gasteiger partial charge in [-0.15, -0.1) is 10.2 Å². The van der Waals surface area contributed by atoms with Crippen molar-refractivity contribution in [1.82, 2.24) is 14.8 Å². The first-order chi connectivity index (χ1) is 13.0. The smallest absolute Gasteiger partial charge is 0.340 e. The number of carbonyl (C=O) groups is 2. The fourth-order valence-electron chi connectivity index (χ4n) is 2.56. The van der Waals surface area contributed by atoms with Gasteiger partial charge in [-0.2, -0.15) is 0 Å². The number of ether oxygens (including phenoxy) is 1. The van der Waals surface area contributed by atoms with Crippen molar-refractivity contribution in [3.05, 3.63) is 35.7 Å². The standard InChI is InChI=1S/C19H26N4O3S/c1-5-11-23-17(13(3)4)21-22-19(23)27-12-16(24)20-15-10-8-7-9-14(15)18(25)26-6-2/h7-10,13H,5-6,11-12H2,1-4H3,(H,20,24). The number of aromatic nitrogens is 3. The van der Waals surface area contributed by atoms with Crippen molar-refractivity contribution in [3.63, 3.8) is 0 Å². The molecule has 8 heteroatoms. The number of amides is 1. The van der Waals surface area contributed by atoms with E-state index in [1.807, 2.05) is 0 Å². The number of hydrogen-bond acceptors (Lipinski definition) is 6. The maximum Gasteiger partial charge on any atom is 0.340 e. The van der Waals surface area contributed by atoms with Gasteiger partial charge in [0.15, 0.2) is 5.16 Å². The van der Waals surface area contributed by atoms with Gasteiger partial charge in [-0.1, -0.05) is 44.7 Å². The summed E-state index contributed by atoms with van der Waals surface area (Å²) in [5, 5.41) is 12.0. The van der Waals surface area contributed by atoms with Crippen LogP contribution in [-0.4, -0.2) is 39.0 Å². The van der Waals surface area contributed by atoms with Crippen molar-refractivity contribution in [1.29, 1.82) is 0 Å². The quantitative estimate of drug-likeness (QED) is 0.519.